The first-order valence-corrected chi connectivity index (χ1v) is 7.78. The average Bonchev–Trinajstić information content (AvgIpc) is 2.49. The zero-order chi connectivity index (χ0) is 15.4. The zero-order valence-electron chi connectivity index (χ0n) is 12.0. The highest BCUT2D eigenvalue weighted by Gasteiger charge is 2.11. The first-order chi connectivity index (χ1) is 10.1. The van der Waals surface area contributed by atoms with Crippen LogP contribution in [0.5, 0.6) is 5.75 Å². The lowest BCUT2D eigenvalue weighted by atomic mass is 10.2. The lowest BCUT2D eigenvalue weighted by Crippen LogP contribution is -2.41. The van der Waals surface area contributed by atoms with Gasteiger partial charge >= 0.3 is 5.69 Å². The van der Waals surface area contributed by atoms with Crippen molar-refractivity contribution in [1.29, 1.82) is 0 Å². The van der Waals surface area contributed by atoms with E-state index in [4.69, 9.17) is 4.74 Å². The Morgan fingerprint density at radius 3 is 2.62 bits per heavy atom. The number of nitrogens with zero attached hydrogens (tertiary/aromatic N) is 2. The third-order valence-corrected chi connectivity index (χ3v) is 3.92. The Labute approximate surface area is 136 Å². The summed E-state index contributed by atoms with van der Waals surface area (Å²) in [5.74, 6) is 0.671. The summed E-state index contributed by atoms with van der Waals surface area (Å²) in [6, 6.07) is 7.39. The summed E-state index contributed by atoms with van der Waals surface area (Å²) < 4.78 is 8.66. The van der Waals surface area contributed by atoms with Gasteiger partial charge in [0.05, 0.1) is 17.2 Å². The highest BCUT2D eigenvalue weighted by atomic mass is 127. The van der Waals surface area contributed by atoms with Gasteiger partial charge in [-0.1, -0.05) is 25.1 Å². The summed E-state index contributed by atoms with van der Waals surface area (Å²) in [5, 5.41) is 0. The van der Waals surface area contributed by atoms with Crippen molar-refractivity contribution in [1.82, 2.24) is 9.13 Å². The Morgan fingerprint density at radius 1 is 1.24 bits per heavy atom. The molecule has 0 aliphatic rings. The van der Waals surface area contributed by atoms with Crippen molar-refractivity contribution >= 4 is 22.6 Å². The highest BCUT2D eigenvalue weighted by molar-refractivity contribution is 14.1. The summed E-state index contributed by atoms with van der Waals surface area (Å²) in [6.45, 7) is 2.80. The van der Waals surface area contributed by atoms with E-state index in [2.05, 4.69) is 0 Å². The molecule has 0 amide bonds. The van der Waals surface area contributed by atoms with Crippen LogP contribution >= 0.6 is 22.6 Å². The quantitative estimate of drug-likeness (QED) is 0.723. The molecule has 2 aromatic rings. The molecule has 0 saturated heterocycles. The molecule has 6 heteroatoms. The molecule has 0 bridgehead atoms. The smallest absolute Gasteiger partial charge is 0.331 e. The summed E-state index contributed by atoms with van der Waals surface area (Å²) in [6.07, 6.45) is 2.45. The molecule has 1 heterocycles. The van der Waals surface area contributed by atoms with Crippen LogP contribution in [0.25, 0.3) is 0 Å². The molecule has 112 valence electrons. The SMILES string of the molecule is CCCn1cc(I)c(=O)n(Cc2ccccc2OC)c1=O. The molecule has 0 saturated carbocycles. The number of halogens is 1. The van der Waals surface area contributed by atoms with Crippen LogP contribution in [0.3, 0.4) is 0 Å². The predicted molar refractivity (Wildman–Crippen MR) is 90.1 cm³/mol. The third-order valence-electron chi connectivity index (χ3n) is 3.18. The molecular weight excluding hydrogens is 383 g/mol. The molecule has 21 heavy (non-hydrogen) atoms. The second-order valence-electron chi connectivity index (χ2n) is 4.66. The van der Waals surface area contributed by atoms with Gasteiger partial charge in [-0.05, 0) is 35.1 Å². The molecule has 0 spiro atoms. The standard InChI is InChI=1S/C15H17IN2O3/c1-3-8-17-10-12(16)14(19)18(15(17)20)9-11-6-4-5-7-13(11)21-2/h4-7,10H,3,8-9H2,1-2H3. The second kappa shape index (κ2) is 6.93. The lowest BCUT2D eigenvalue weighted by Gasteiger charge is -2.12. The van der Waals surface area contributed by atoms with Crippen molar-refractivity contribution in [2.24, 2.45) is 0 Å². The van der Waals surface area contributed by atoms with Gasteiger partial charge in [0.15, 0.2) is 0 Å². The molecule has 1 aromatic carbocycles. The molecule has 0 fully saturated rings. The maximum atomic E-state index is 12.4. The number of methoxy groups -OCH3 is 1. The molecule has 5 nitrogen and oxygen atoms in total. The van der Waals surface area contributed by atoms with Gasteiger partial charge < -0.3 is 4.74 Å². The Kier molecular flexibility index (Phi) is 5.22. The van der Waals surface area contributed by atoms with E-state index in [1.54, 1.807) is 17.9 Å². The first kappa shape index (κ1) is 15.8. The number of aromatic nitrogens is 2. The number of aryl methyl sites for hydroxylation is 1. The summed E-state index contributed by atoms with van der Waals surface area (Å²) >= 11 is 1.97. The average molecular weight is 400 g/mol. The summed E-state index contributed by atoms with van der Waals surface area (Å²) in [5.41, 5.74) is 0.260. The van der Waals surface area contributed by atoms with Gasteiger partial charge in [-0.2, -0.15) is 0 Å². The van der Waals surface area contributed by atoms with E-state index in [0.717, 1.165) is 12.0 Å². The fourth-order valence-corrected chi connectivity index (χ4v) is 2.79. The molecule has 0 aliphatic carbocycles. The molecule has 0 atom stereocenters. The summed E-state index contributed by atoms with van der Waals surface area (Å²) in [4.78, 5) is 24.7. The van der Waals surface area contributed by atoms with Crippen LogP contribution in [-0.2, 0) is 13.1 Å². The Bertz CT molecular complexity index is 749. The highest BCUT2D eigenvalue weighted by Crippen LogP contribution is 2.17. The van der Waals surface area contributed by atoms with E-state index in [9.17, 15) is 9.59 Å². The van der Waals surface area contributed by atoms with Gasteiger partial charge in [0, 0.05) is 18.3 Å². The number of ether oxygens (including phenoxy) is 1. The van der Waals surface area contributed by atoms with Crippen LogP contribution in [0.2, 0.25) is 0 Å². The maximum Gasteiger partial charge on any atom is 0.331 e. The van der Waals surface area contributed by atoms with Crippen LogP contribution in [0.1, 0.15) is 18.9 Å². The molecular formula is C15H17IN2O3. The normalized spacial score (nSPS) is 10.6. The van der Waals surface area contributed by atoms with Gasteiger partial charge in [-0.25, -0.2) is 4.79 Å². The minimum Gasteiger partial charge on any atom is -0.496 e. The van der Waals surface area contributed by atoms with Gasteiger partial charge in [0.1, 0.15) is 5.75 Å². The van der Waals surface area contributed by atoms with Crippen LogP contribution in [0, 0.1) is 3.57 Å². The number of para-hydroxylation sites is 1. The number of hydrogen-bond donors (Lipinski definition) is 0. The van der Waals surface area contributed by atoms with Crippen molar-refractivity contribution in [3.05, 3.63) is 60.4 Å². The minimum atomic E-state index is -0.284. The van der Waals surface area contributed by atoms with Crippen molar-refractivity contribution < 1.29 is 4.74 Å². The number of hydrogen-bond acceptors (Lipinski definition) is 3. The Hall–Kier alpha value is -1.57. The van der Waals surface area contributed by atoms with Crippen molar-refractivity contribution in [2.75, 3.05) is 7.11 Å². The van der Waals surface area contributed by atoms with E-state index in [1.165, 1.54) is 4.57 Å². The number of rotatable bonds is 5. The van der Waals surface area contributed by atoms with Crippen LogP contribution < -0.4 is 16.0 Å². The number of benzene rings is 1. The van der Waals surface area contributed by atoms with Crippen molar-refractivity contribution in [3.63, 3.8) is 0 Å². The van der Waals surface area contributed by atoms with E-state index in [1.807, 2.05) is 53.8 Å². The fraction of sp³-hybridized carbons (Fsp3) is 0.333. The molecule has 0 unspecified atom stereocenters. The molecule has 1 aromatic heterocycles. The fourth-order valence-electron chi connectivity index (χ4n) is 2.16. The molecule has 0 N–H and O–H groups in total. The minimum absolute atomic E-state index is 0.211. The van der Waals surface area contributed by atoms with Crippen molar-refractivity contribution in [3.8, 4) is 5.75 Å². The van der Waals surface area contributed by atoms with Gasteiger partial charge in [-0.15, -0.1) is 0 Å². The van der Waals surface area contributed by atoms with Gasteiger partial charge in [0.2, 0.25) is 0 Å². The first-order valence-electron chi connectivity index (χ1n) is 6.70. The van der Waals surface area contributed by atoms with E-state index in [-0.39, 0.29) is 17.8 Å². The maximum absolute atomic E-state index is 12.4. The Balaban J connectivity index is 2.54. The van der Waals surface area contributed by atoms with Gasteiger partial charge in [0.25, 0.3) is 5.56 Å². The second-order valence-corrected chi connectivity index (χ2v) is 5.82. The Morgan fingerprint density at radius 2 is 1.95 bits per heavy atom. The van der Waals surface area contributed by atoms with E-state index in [0.29, 0.717) is 15.9 Å². The molecule has 0 aliphatic heterocycles. The monoisotopic (exact) mass is 400 g/mol. The van der Waals surface area contributed by atoms with E-state index < -0.39 is 0 Å². The van der Waals surface area contributed by atoms with Gasteiger partial charge in [-0.3, -0.25) is 13.9 Å². The molecule has 0 radical (unpaired) electrons. The summed E-state index contributed by atoms with van der Waals surface area (Å²) in [7, 11) is 1.58. The molecule has 2 rings (SSSR count). The lowest BCUT2D eigenvalue weighted by molar-refractivity contribution is 0.407. The van der Waals surface area contributed by atoms with E-state index >= 15 is 0 Å². The van der Waals surface area contributed by atoms with Crippen LogP contribution in [0.15, 0.2) is 40.1 Å². The van der Waals surface area contributed by atoms with Crippen LogP contribution in [-0.4, -0.2) is 16.2 Å². The largest absolute Gasteiger partial charge is 0.496 e. The third kappa shape index (κ3) is 3.37. The van der Waals surface area contributed by atoms with Crippen molar-refractivity contribution in [2.45, 2.75) is 26.4 Å². The zero-order valence-corrected chi connectivity index (χ0v) is 14.2. The van der Waals surface area contributed by atoms with Crippen LogP contribution in [0.4, 0.5) is 0 Å². The predicted octanol–water partition coefficient (Wildman–Crippen LogP) is 2.08. The topological polar surface area (TPSA) is 53.2 Å².